The van der Waals surface area contributed by atoms with Gasteiger partial charge in [-0.1, -0.05) is 28.1 Å². The molecule has 0 bridgehead atoms. The van der Waals surface area contributed by atoms with Crippen LogP contribution in [0.15, 0.2) is 46.9 Å². The van der Waals surface area contributed by atoms with Gasteiger partial charge in [0.15, 0.2) is 0 Å². The molecule has 0 aliphatic heterocycles. The molecule has 0 aliphatic rings. The zero-order chi connectivity index (χ0) is 17.4. The number of ether oxygens (including phenoxy) is 2. The van der Waals surface area contributed by atoms with Crippen LogP contribution in [0, 0.1) is 0 Å². The molecule has 0 saturated heterocycles. The number of carbonyl (C=O) groups is 1. The highest BCUT2D eigenvalue weighted by atomic mass is 79.9. The zero-order valence-electron chi connectivity index (χ0n) is 13.7. The zero-order valence-corrected chi connectivity index (χ0v) is 16.1. The fourth-order valence-corrected chi connectivity index (χ4v) is 3.39. The van der Waals surface area contributed by atoms with Gasteiger partial charge in [-0.05, 0) is 35.9 Å². The van der Waals surface area contributed by atoms with Gasteiger partial charge < -0.3 is 14.8 Å². The van der Waals surface area contributed by atoms with Crippen molar-refractivity contribution >= 4 is 33.6 Å². The van der Waals surface area contributed by atoms with E-state index in [1.807, 2.05) is 42.5 Å². The van der Waals surface area contributed by atoms with Crippen LogP contribution in [0.2, 0.25) is 0 Å². The number of hydrogen-bond acceptors (Lipinski definition) is 4. The molecular weight excluding hydrogens is 390 g/mol. The predicted molar refractivity (Wildman–Crippen MR) is 102 cm³/mol. The third-order valence-electron chi connectivity index (χ3n) is 3.36. The smallest absolute Gasteiger partial charge is 0.230 e. The Morgan fingerprint density at radius 1 is 1.17 bits per heavy atom. The monoisotopic (exact) mass is 409 g/mol. The fourth-order valence-electron chi connectivity index (χ4n) is 2.15. The van der Waals surface area contributed by atoms with Gasteiger partial charge >= 0.3 is 0 Å². The molecule has 0 atom stereocenters. The van der Waals surface area contributed by atoms with Gasteiger partial charge in [0.25, 0.3) is 0 Å². The molecule has 4 nitrogen and oxygen atoms in total. The van der Waals surface area contributed by atoms with Crippen molar-refractivity contribution in [2.75, 3.05) is 20.0 Å². The maximum atomic E-state index is 12.0. The summed E-state index contributed by atoms with van der Waals surface area (Å²) in [6.07, 6.45) is 0. The Hall–Kier alpha value is -1.66. The maximum absolute atomic E-state index is 12.0. The molecule has 24 heavy (non-hydrogen) atoms. The second-order valence-electron chi connectivity index (χ2n) is 5.08. The van der Waals surface area contributed by atoms with Crippen molar-refractivity contribution in [2.45, 2.75) is 12.3 Å². The van der Waals surface area contributed by atoms with Gasteiger partial charge in [-0.15, -0.1) is 11.8 Å². The lowest BCUT2D eigenvalue weighted by Gasteiger charge is -2.09. The lowest BCUT2D eigenvalue weighted by Crippen LogP contribution is -2.24. The van der Waals surface area contributed by atoms with Gasteiger partial charge in [-0.25, -0.2) is 0 Å². The average molecular weight is 410 g/mol. The first-order valence-electron chi connectivity index (χ1n) is 7.42. The Morgan fingerprint density at radius 2 is 2.00 bits per heavy atom. The summed E-state index contributed by atoms with van der Waals surface area (Å²) in [5.74, 6) is 2.76. The van der Waals surface area contributed by atoms with E-state index in [9.17, 15) is 4.79 Å². The van der Waals surface area contributed by atoms with E-state index < -0.39 is 0 Å². The number of benzene rings is 2. The summed E-state index contributed by atoms with van der Waals surface area (Å²) < 4.78 is 11.5. The standard InChI is InChI=1S/C18H20BrNO3S/c1-22-16-5-3-4-13(8-16)10-20-18(21)12-24-11-14-9-15(19)6-7-17(14)23-2/h3-9H,10-12H2,1-2H3,(H,20,21). The normalized spacial score (nSPS) is 10.3. The summed E-state index contributed by atoms with van der Waals surface area (Å²) in [7, 11) is 3.28. The van der Waals surface area contributed by atoms with Crippen molar-refractivity contribution in [2.24, 2.45) is 0 Å². The first kappa shape index (κ1) is 18.7. The topological polar surface area (TPSA) is 47.6 Å². The fraction of sp³-hybridized carbons (Fsp3) is 0.278. The molecule has 0 radical (unpaired) electrons. The average Bonchev–Trinajstić information content (AvgIpc) is 2.60. The molecule has 128 valence electrons. The van der Waals surface area contributed by atoms with Crippen LogP contribution in [0.5, 0.6) is 11.5 Å². The van der Waals surface area contributed by atoms with Gasteiger partial charge in [0.05, 0.1) is 20.0 Å². The number of rotatable bonds is 8. The first-order valence-corrected chi connectivity index (χ1v) is 9.37. The molecule has 0 saturated carbocycles. The summed E-state index contributed by atoms with van der Waals surface area (Å²) in [4.78, 5) is 12.0. The first-order chi connectivity index (χ1) is 11.6. The number of nitrogens with one attached hydrogen (secondary N) is 1. The summed E-state index contributed by atoms with van der Waals surface area (Å²) in [6.45, 7) is 0.497. The molecule has 2 rings (SSSR count). The predicted octanol–water partition coefficient (Wildman–Crippen LogP) is 4.02. The van der Waals surface area contributed by atoms with Crippen LogP contribution in [0.4, 0.5) is 0 Å². The molecule has 0 heterocycles. The molecule has 0 aliphatic carbocycles. The van der Waals surface area contributed by atoms with Crippen LogP contribution in [0.1, 0.15) is 11.1 Å². The summed E-state index contributed by atoms with van der Waals surface area (Å²) in [5, 5.41) is 2.92. The molecule has 0 fully saturated rings. The van der Waals surface area contributed by atoms with Crippen molar-refractivity contribution in [1.29, 1.82) is 0 Å². The highest BCUT2D eigenvalue weighted by Gasteiger charge is 2.07. The molecule has 2 aromatic carbocycles. The van der Waals surface area contributed by atoms with Crippen LogP contribution in [0.25, 0.3) is 0 Å². The third-order valence-corrected chi connectivity index (χ3v) is 4.83. The van der Waals surface area contributed by atoms with E-state index in [0.717, 1.165) is 32.9 Å². The Bertz CT molecular complexity index is 694. The van der Waals surface area contributed by atoms with E-state index in [1.165, 1.54) is 0 Å². The molecule has 2 aromatic rings. The Balaban J connectivity index is 1.78. The van der Waals surface area contributed by atoms with Crippen molar-refractivity contribution in [3.05, 3.63) is 58.1 Å². The van der Waals surface area contributed by atoms with Gasteiger partial charge in [0, 0.05) is 22.3 Å². The Kier molecular flexibility index (Phi) is 7.46. The van der Waals surface area contributed by atoms with Gasteiger partial charge in [-0.3, -0.25) is 4.79 Å². The molecule has 0 unspecified atom stereocenters. The summed E-state index contributed by atoms with van der Waals surface area (Å²) in [6, 6.07) is 13.5. The largest absolute Gasteiger partial charge is 0.497 e. The second-order valence-corrected chi connectivity index (χ2v) is 6.98. The minimum Gasteiger partial charge on any atom is -0.497 e. The summed E-state index contributed by atoms with van der Waals surface area (Å²) in [5.41, 5.74) is 2.08. The number of halogens is 1. The van der Waals surface area contributed by atoms with Crippen molar-refractivity contribution in [3.63, 3.8) is 0 Å². The molecular formula is C18H20BrNO3S. The highest BCUT2D eigenvalue weighted by molar-refractivity contribution is 9.10. The van der Waals surface area contributed by atoms with E-state index in [1.54, 1.807) is 26.0 Å². The Labute approximate surface area is 155 Å². The number of carbonyl (C=O) groups excluding carboxylic acids is 1. The Morgan fingerprint density at radius 3 is 2.75 bits per heavy atom. The number of thioether (sulfide) groups is 1. The molecule has 0 aromatic heterocycles. The third kappa shape index (κ3) is 5.76. The van der Waals surface area contributed by atoms with Gasteiger partial charge in [-0.2, -0.15) is 0 Å². The van der Waals surface area contributed by atoms with E-state index in [0.29, 0.717) is 12.3 Å². The minimum absolute atomic E-state index is 0.0109. The maximum Gasteiger partial charge on any atom is 0.230 e. The highest BCUT2D eigenvalue weighted by Crippen LogP contribution is 2.26. The molecule has 1 N–H and O–H groups in total. The van der Waals surface area contributed by atoms with E-state index in [-0.39, 0.29) is 5.91 Å². The van der Waals surface area contributed by atoms with Gasteiger partial charge in [0.2, 0.25) is 5.91 Å². The minimum atomic E-state index is 0.0109. The number of hydrogen-bond donors (Lipinski definition) is 1. The molecule has 6 heteroatoms. The van der Waals surface area contributed by atoms with Gasteiger partial charge in [0.1, 0.15) is 11.5 Å². The SMILES string of the molecule is COc1cccc(CNC(=O)CSCc2cc(Br)ccc2OC)c1. The van der Waals surface area contributed by atoms with E-state index in [4.69, 9.17) is 9.47 Å². The molecule has 0 spiro atoms. The molecule has 1 amide bonds. The van der Waals surface area contributed by atoms with Crippen LogP contribution in [-0.4, -0.2) is 25.9 Å². The van der Waals surface area contributed by atoms with Crippen LogP contribution in [0.3, 0.4) is 0 Å². The van der Waals surface area contributed by atoms with E-state index in [2.05, 4.69) is 21.2 Å². The lowest BCUT2D eigenvalue weighted by molar-refractivity contribution is -0.118. The van der Waals surface area contributed by atoms with Crippen LogP contribution < -0.4 is 14.8 Å². The number of methoxy groups -OCH3 is 2. The van der Waals surface area contributed by atoms with Crippen LogP contribution >= 0.6 is 27.7 Å². The van der Waals surface area contributed by atoms with Crippen molar-refractivity contribution in [1.82, 2.24) is 5.32 Å². The van der Waals surface area contributed by atoms with Crippen molar-refractivity contribution < 1.29 is 14.3 Å². The quantitative estimate of drug-likeness (QED) is 0.714. The van der Waals surface area contributed by atoms with Crippen molar-refractivity contribution in [3.8, 4) is 11.5 Å². The van der Waals surface area contributed by atoms with Crippen LogP contribution in [-0.2, 0) is 17.1 Å². The summed E-state index contributed by atoms with van der Waals surface area (Å²) >= 11 is 5.01. The number of amides is 1. The van der Waals surface area contributed by atoms with E-state index >= 15 is 0 Å². The lowest BCUT2D eigenvalue weighted by atomic mass is 10.2. The second kappa shape index (κ2) is 9.59.